The van der Waals surface area contributed by atoms with Gasteiger partial charge >= 0.3 is 0 Å². The summed E-state index contributed by atoms with van der Waals surface area (Å²) < 4.78 is 3.21. The molecule has 21 heavy (non-hydrogen) atoms. The topological polar surface area (TPSA) is 17.8 Å². The van der Waals surface area contributed by atoms with E-state index in [9.17, 15) is 0 Å². The fourth-order valence-electron chi connectivity index (χ4n) is 2.41. The lowest BCUT2D eigenvalue weighted by Gasteiger charge is -2.11. The molecule has 1 unspecified atom stereocenters. The van der Waals surface area contributed by atoms with Crippen LogP contribution in [0.2, 0.25) is 5.02 Å². The lowest BCUT2D eigenvalue weighted by atomic mass is 10.2. The molecule has 1 heterocycles. The molecule has 3 rings (SSSR count). The summed E-state index contributed by atoms with van der Waals surface area (Å²) in [5, 5.41) is 0.520. The molecule has 108 valence electrons. The average molecular weight is 384 g/mol. The van der Waals surface area contributed by atoms with Crippen LogP contribution in [0, 0.1) is 0 Å². The van der Waals surface area contributed by atoms with Gasteiger partial charge in [-0.15, -0.1) is 11.6 Å². The fourth-order valence-corrected chi connectivity index (χ4v) is 3.19. The van der Waals surface area contributed by atoms with Gasteiger partial charge in [-0.1, -0.05) is 39.7 Å². The maximum absolute atomic E-state index is 6.29. The molecule has 0 N–H and O–H groups in total. The molecule has 0 saturated heterocycles. The van der Waals surface area contributed by atoms with Gasteiger partial charge in [0.15, 0.2) is 0 Å². The van der Waals surface area contributed by atoms with Crippen LogP contribution in [0.5, 0.6) is 0 Å². The summed E-state index contributed by atoms with van der Waals surface area (Å²) in [6.45, 7) is 2.66. The summed E-state index contributed by atoms with van der Waals surface area (Å²) in [6, 6.07) is 14.0. The van der Waals surface area contributed by atoms with Gasteiger partial charge in [0.25, 0.3) is 0 Å². The van der Waals surface area contributed by atoms with Crippen molar-refractivity contribution in [2.24, 2.45) is 0 Å². The number of aromatic nitrogens is 2. The van der Waals surface area contributed by atoms with Gasteiger partial charge in [0.05, 0.1) is 16.4 Å². The Kier molecular flexibility index (Phi) is 4.25. The zero-order chi connectivity index (χ0) is 15.0. The largest absolute Gasteiger partial charge is 0.322 e. The van der Waals surface area contributed by atoms with Crippen LogP contribution in [-0.4, -0.2) is 9.55 Å². The number of fused-ring (bicyclic) bond motifs is 1. The molecule has 5 heteroatoms. The quantitative estimate of drug-likeness (QED) is 0.522. The van der Waals surface area contributed by atoms with E-state index in [4.69, 9.17) is 23.2 Å². The Morgan fingerprint density at radius 3 is 2.76 bits per heavy atom. The Balaban J connectivity index is 2.13. The number of alkyl halides is 1. The van der Waals surface area contributed by atoms with Crippen LogP contribution in [0.1, 0.15) is 23.7 Å². The number of halogens is 3. The van der Waals surface area contributed by atoms with Gasteiger partial charge in [-0.25, -0.2) is 4.98 Å². The van der Waals surface area contributed by atoms with Crippen molar-refractivity contribution in [3.8, 4) is 0 Å². The lowest BCUT2D eigenvalue weighted by Crippen LogP contribution is -2.05. The highest BCUT2D eigenvalue weighted by atomic mass is 79.9. The van der Waals surface area contributed by atoms with E-state index >= 15 is 0 Å². The lowest BCUT2D eigenvalue weighted by molar-refractivity contribution is 0.742. The molecule has 3 aromatic rings. The predicted molar refractivity (Wildman–Crippen MR) is 92.3 cm³/mol. The molecule has 1 aromatic heterocycles. The first kappa shape index (κ1) is 14.9. The molecule has 0 aliphatic heterocycles. The normalized spacial score (nSPS) is 12.8. The van der Waals surface area contributed by atoms with Crippen molar-refractivity contribution in [1.29, 1.82) is 0 Å². The molecule has 0 bridgehead atoms. The molecular weight excluding hydrogens is 371 g/mol. The molecule has 0 saturated carbocycles. The molecule has 0 spiro atoms. The second-order valence-electron chi connectivity index (χ2n) is 4.94. The second-order valence-corrected chi connectivity index (χ2v) is 6.94. The van der Waals surface area contributed by atoms with Crippen LogP contribution in [0.4, 0.5) is 0 Å². The van der Waals surface area contributed by atoms with E-state index < -0.39 is 0 Å². The third-order valence-corrected chi connectivity index (χ3v) is 4.25. The minimum atomic E-state index is -0.164. The second kappa shape index (κ2) is 5.99. The average Bonchev–Trinajstić information content (AvgIpc) is 2.77. The van der Waals surface area contributed by atoms with Crippen LogP contribution in [0.25, 0.3) is 11.0 Å². The highest BCUT2D eigenvalue weighted by Gasteiger charge is 2.15. The van der Waals surface area contributed by atoms with Crippen molar-refractivity contribution in [2.45, 2.75) is 18.8 Å². The van der Waals surface area contributed by atoms with Gasteiger partial charge in [-0.2, -0.15) is 0 Å². The van der Waals surface area contributed by atoms with Gasteiger partial charge < -0.3 is 4.57 Å². The van der Waals surface area contributed by atoms with Gasteiger partial charge in [-0.3, -0.25) is 0 Å². The molecule has 0 radical (unpaired) electrons. The van der Waals surface area contributed by atoms with E-state index in [1.807, 2.05) is 37.3 Å². The fraction of sp³-hybridized carbons (Fsp3) is 0.188. The molecular formula is C16H13BrCl2N2. The number of nitrogens with zero attached hydrogens (tertiary/aromatic N) is 2. The van der Waals surface area contributed by atoms with E-state index in [2.05, 4.69) is 37.6 Å². The van der Waals surface area contributed by atoms with E-state index in [1.165, 1.54) is 5.56 Å². The van der Waals surface area contributed by atoms with E-state index in [0.717, 1.165) is 27.9 Å². The van der Waals surface area contributed by atoms with Gasteiger partial charge in [0.2, 0.25) is 0 Å². The van der Waals surface area contributed by atoms with Crippen molar-refractivity contribution in [2.75, 3.05) is 0 Å². The first-order chi connectivity index (χ1) is 10.0. The first-order valence-corrected chi connectivity index (χ1v) is 8.19. The van der Waals surface area contributed by atoms with E-state index in [1.54, 1.807) is 0 Å². The monoisotopic (exact) mass is 382 g/mol. The van der Waals surface area contributed by atoms with Crippen LogP contribution in [0.3, 0.4) is 0 Å². The molecule has 0 aliphatic rings. The third kappa shape index (κ3) is 3.10. The van der Waals surface area contributed by atoms with Crippen molar-refractivity contribution in [1.82, 2.24) is 9.55 Å². The Morgan fingerprint density at radius 2 is 2.05 bits per heavy atom. The van der Waals surface area contributed by atoms with Crippen LogP contribution in [0.15, 0.2) is 46.9 Å². The highest BCUT2D eigenvalue weighted by Crippen LogP contribution is 2.27. The maximum Gasteiger partial charge on any atom is 0.128 e. The zero-order valence-electron chi connectivity index (χ0n) is 11.4. The minimum Gasteiger partial charge on any atom is -0.322 e. The number of benzene rings is 2. The van der Waals surface area contributed by atoms with Crippen LogP contribution in [-0.2, 0) is 6.54 Å². The van der Waals surface area contributed by atoms with Crippen molar-refractivity contribution in [3.63, 3.8) is 0 Å². The Morgan fingerprint density at radius 1 is 1.24 bits per heavy atom. The Labute approximate surface area is 141 Å². The molecule has 2 nitrogen and oxygen atoms in total. The van der Waals surface area contributed by atoms with Crippen molar-refractivity contribution < 1.29 is 0 Å². The standard InChI is InChI=1S/C16H13BrCl2N2/c1-10(18)16-20-14-8-13(19)5-6-15(14)21(16)9-11-3-2-4-12(17)7-11/h2-8,10H,9H2,1H3. The minimum absolute atomic E-state index is 0.164. The summed E-state index contributed by atoms with van der Waals surface area (Å²) in [7, 11) is 0. The highest BCUT2D eigenvalue weighted by molar-refractivity contribution is 9.10. The van der Waals surface area contributed by atoms with Gasteiger partial charge in [0.1, 0.15) is 5.82 Å². The van der Waals surface area contributed by atoms with Crippen molar-refractivity contribution >= 4 is 50.2 Å². The number of hydrogen-bond acceptors (Lipinski definition) is 1. The first-order valence-electron chi connectivity index (χ1n) is 6.59. The molecule has 0 aliphatic carbocycles. The zero-order valence-corrected chi connectivity index (χ0v) is 14.5. The maximum atomic E-state index is 6.29. The smallest absolute Gasteiger partial charge is 0.128 e. The number of rotatable bonds is 3. The predicted octanol–water partition coefficient (Wildman–Crippen LogP) is 5.80. The Hall–Kier alpha value is -1.03. The summed E-state index contributed by atoms with van der Waals surface area (Å²) >= 11 is 15.8. The summed E-state index contributed by atoms with van der Waals surface area (Å²) in [4.78, 5) is 4.63. The summed E-state index contributed by atoms with van der Waals surface area (Å²) in [5.74, 6) is 0.855. The van der Waals surface area contributed by atoms with Crippen molar-refractivity contribution in [3.05, 3.63) is 63.3 Å². The summed E-state index contributed by atoms with van der Waals surface area (Å²) in [6.07, 6.45) is 0. The Bertz CT molecular complexity index is 796. The molecule has 2 aromatic carbocycles. The molecule has 0 fully saturated rings. The number of hydrogen-bond donors (Lipinski definition) is 0. The third-order valence-electron chi connectivity index (χ3n) is 3.33. The van der Waals surface area contributed by atoms with E-state index in [0.29, 0.717) is 5.02 Å². The van der Waals surface area contributed by atoms with Crippen LogP contribution >= 0.6 is 39.1 Å². The summed E-state index contributed by atoms with van der Waals surface area (Å²) in [5.41, 5.74) is 3.11. The molecule has 1 atom stereocenters. The van der Waals surface area contributed by atoms with Gasteiger partial charge in [-0.05, 0) is 42.8 Å². The molecule has 0 amide bonds. The van der Waals surface area contributed by atoms with Gasteiger partial charge in [0, 0.05) is 16.0 Å². The van der Waals surface area contributed by atoms with E-state index in [-0.39, 0.29) is 5.38 Å². The number of imidazole rings is 1. The van der Waals surface area contributed by atoms with Crippen LogP contribution < -0.4 is 0 Å². The SMILES string of the molecule is CC(Cl)c1nc2cc(Cl)ccc2n1Cc1cccc(Br)c1.